The fourth-order valence-electron chi connectivity index (χ4n) is 0.792. The fraction of sp³-hybridized carbons (Fsp3) is 0.500. The molecule has 12 heavy (non-hydrogen) atoms. The average molecular weight is 169 g/mol. The van der Waals surface area contributed by atoms with Crippen molar-refractivity contribution in [1.29, 1.82) is 0 Å². The third-order valence-electron chi connectivity index (χ3n) is 1.59. The van der Waals surface area contributed by atoms with E-state index in [1.165, 1.54) is 6.07 Å². The minimum absolute atomic E-state index is 0.219. The Kier molecular flexibility index (Phi) is 4.49. The van der Waals surface area contributed by atoms with E-state index in [0.29, 0.717) is 5.69 Å². The van der Waals surface area contributed by atoms with E-state index in [2.05, 4.69) is 4.98 Å². The monoisotopic (exact) mass is 169 g/mol. The van der Waals surface area contributed by atoms with Gasteiger partial charge in [0.2, 0.25) is 0 Å². The minimum Gasteiger partial charge on any atom is -0.255 e. The molecule has 0 aliphatic carbocycles. The molecule has 0 unspecified atom stereocenters. The highest BCUT2D eigenvalue weighted by molar-refractivity contribution is 5.20. The van der Waals surface area contributed by atoms with Gasteiger partial charge in [-0.3, -0.25) is 4.98 Å². The summed E-state index contributed by atoms with van der Waals surface area (Å²) < 4.78 is 12.7. The number of halogens is 1. The Hall–Kier alpha value is -0.920. The van der Waals surface area contributed by atoms with Gasteiger partial charge in [-0.2, -0.15) is 0 Å². The second-order valence-electron chi connectivity index (χ2n) is 2.46. The maximum Gasteiger partial charge on any atom is 0.144 e. The highest BCUT2D eigenvalue weighted by atomic mass is 19.1. The number of hydrogen-bond donors (Lipinski definition) is 0. The summed E-state index contributed by atoms with van der Waals surface area (Å²) in [6.07, 6.45) is 0. The van der Waals surface area contributed by atoms with Gasteiger partial charge in [0.1, 0.15) is 5.82 Å². The Morgan fingerprint density at radius 3 is 2.00 bits per heavy atom. The van der Waals surface area contributed by atoms with Crippen molar-refractivity contribution in [3.8, 4) is 0 Å². The van der Waals surface area contributed by atoms with E-state index in [1.807, 2.05) is 27.7 Å². The van der Waals surface area contributed by atoms with Gasteiger partial charge in [-0.1, -0.05) is 13.8 Å². The van der Waals surface area contributed by atoms with E-state index in [4.69, 9.17) is 0 Å². The molecule has 1 aromatic rings. The minimum atomic E-state index is -0.219. The third kappa shape index (κ3) is 2.61. The quantitative estimate of drug-likeness (QED) is 0.581. The number of rotatable bonds is 0. The second kappa shape index (κ2) is 4.86. The molecular weight excluding hydrogens is 153 g/mol. The SMILES string of the molecule is CC.Cc1cc(F)c(C)nc1C. The Bertz CT molecular complexity index is 206. The van der Waals surface area contributed by atoms with E-state index in [9.17, 15) is 4.39 Å². The van der Waals surface area contributed by atoms with Crippen LogP contribution in [0.3, 0.4) is 0 Å². The van der Waals surface area contributed by atoms with Gasteiger partial charge in [-0.25, -0.2) is 4.39 Å². The van der Waals surface area contributed by atoms with Crippen molar-refractivity contribution in [3.63, 3.8) is 0 Å². The lowest BCUT2D eigenvalue weighted by Crippen LogP contribution is -1.93. The highest BCUT2D eigenvalue weighted by Gasteiger charge is 2.00. The largest absolute Gasteiger partial charge is 0.255 e. The molecule has 1 heterocycles. The molecule has 0 amide bonds. The van der Waals surface area contributed by atoms with Crippen molar-refractivity contribution in [2.24, 2.45) is 0 Å². The van der Waals surface area contributed by atoms with Gasteiger partial charge in [-0.05, 0) is 32.4 Å². The molecule has 0 aliphatic rings. The molecule has 0 aromatic carbocycles. The second-order valence-corrected chi connectivity index (χ2v) is 2.46. The van der Waals surface area contributed by atoms with Crippen LogP contribution in [0.15, 0.2) is 6.07 Å². The first-order chi connectivity index (χ1) is 5.61. The molecule has 0 N–H and O–H groups in total. The molecule has 0 atom stereocenters. The zero-order valence-electron chi connectivity index (χ0n) is 8.40. The standard InChI is InChI=1S/C8H10FN.C2H6/c1-5-4-8(9)7(3)10-6(5)2;1-2/h4H,1-3H3;1-2H3. The molecule has 0 aliphatic heterocycles. The van der Waals surface area contributed by atoms with Crippen LogP contribution in [0.5, 0.6) is 0 Å². The predicted octanol–water partition coefficient (Wildman–Crippen LogP) is 3.17. The highest BCUT2D eigenvalue weighted by Crippen LogP contribution is 2.08. The van der Waals surface area contributed by atoms with Crippen LogP contribution in [-0.2, 0) is 0 Å². The zero-order valence-corrected chi connectivity index (χ0v) is 8.40. The molecule has 0 bridgehead atoms. The van der Waals surface area contributed by atoms with Crippen LogP contribution in [0.1, 0.15) is 30.8 Å². The van der Waals surface area contributed by atoms with Gasteiger partial charge >= 0.3 is 0 Å². The van der Waals surface area contributed by atoms with Crippen molar-refractivity contribution < 1.29 is 4.39 Å². The average Bonchev–Trinajstić information content (AvgIpc) is 2.05. The number of aromatic nitrogens is 1. The molecule has 0 saturated carbocycles. The van der Waals surface area contributed by atoms with Gasteiger partial charge in [0.05, 0.1) is 5.69 Å². The summed E-state index contributed by atoms with van der Waals surface area (Å²) in [5.74, 6) is -0.219. The van der Waals surface area contributed by atoms with E-state index in [1.54, 1.807) is 6.92 Å². The van der Waals surface area contributed by atoms with Crippen molar-refractivity contribution in [3.05, 3.63) is 28.8 Å². The number of aryl methyl sites for hydroxylation is 3. The van der Waals surface area contributed by atoms with Gasteiger partial charge in [0.25, 0.3) is 0 Å². The van der Waals surface area contributed by atoms with Gasteiger partial charge in [0, 0.05) is 5.69 Å². The summed E-state index contributed by atoms with van der Waals surface area (Å²) in [6, 6.07) is 1.51. The van der Waals surface area contributed by atoms with Crippen LogP contribution in [0.25, 0.3) is 0 Å². The molecule has 1 aromatic heterocycles. The maximum atomic E-state index is 12.7. The van der Waals surface area contributed by atoms with Crippen LogP contribution in [0.4, 0.5) is 4.39 Å². The molecule has 0 fully saturated rings. The molecular formula is C10H16FN. The van der Waals surface area contributed by atoms with Gasteiger partial charge in [-0.15, -0.1) is 0 Å². The Morgan fingerprint density at radius 1 is 1.08 bits per heavy atom. The first-order valence-electron chi connectivity index (χ1n) is 4.21. The van der Waals surface area contributed by atoms with E-state index < -0.39 is 0 Å². The Morgan fingerprint density at radius 2 is 1.58 bits per heavy atom. The van der Waals surface area contributed by atoms with Crippen molar-refractivity contribution >= 4 is 0 Å². The number of pyridine rings is 1. The van der Waals surface area contributed by atoms with Gasteiger partial charge < -0.3 is 0 Å². The Labute approximate surface area is 73.6 Å². The maximum absolute atomic E-state index is 12.7. The summed E-state index contributed by atoms with van der Waals surface area (Å²) in [5.41, 5.74) is 2.28. The van der Waals surface area contributed by atoms with Crippen LogP contribution in [-0.4, -0.2) is 4.98 Å². The molecule has 1 rings (SSSR count). The molecule has 2 heteroatoms. The van der Waals surface area contributed by atoms with E-state index in [0.717, 1.165) is 11.3 Å². The number of hydrogen-bond acceptors (Lipinski definition) is 1. The molecule has 0 radical (unpaired) electrons. The molecule has 1 nitrogen and oxygen atoms in total. The zero-order chi connectivity index (χ0) is 9.72. The predicted molar refractivity (Wildman–Crippen MR) is 49.8 cm³/mol. The van der Waals surface area contributed by atoms with E-state index >= 15 is 0 Å². The van der Waals surface area contributed by atoms with Crippen molar-refractivity contribution in [1.82, 2.24) is 4.98 Å². The first kappa shape index (κ1) is 11.1. The third-order valence-corrected chi connectivity index (χ3v) is 1.59. The van der Waals surface area contributed by atoms with Crippen LogP contribution < -0.4 is 0 Å². The molecule has 0 spiro atoms. The summed E-state index contributed by atoms with van der Waals surface area (Å²) >= 11 is 0. The fourth-order valence-corrected chi connectivity index (χ4v) is 0.792. The molecule has 68 valence electrons. The molecule has 0 saturated heterocycles. The Balaban J connectivity index is 0.000000561. The van der Waals surface area contributed by atoms with Gasteiger partial charge in [0.15, 0.2) is 0 Å². The smallest absolute Gasteiger partial charge is 0.144 e. The summed E-state index contributed by atoms with van der Waals surface area (Å²) in [7, 11) is 0. The first-order valence-corrected chi connectivity index (χ1v) is 4.21. The van der Waals surface area contributed by atoms with Crippen LogP contribution in [0, 0.1) is 26.6 Å². The topological polar surface area (TPSA) is 12.9 Å². The van der Waals surface area contributed by atoms with Crippen LogP contribution >= 0.6 is 0 Å². The van der Waals surface area contributed by atoms with Crippen molar-refractivity contribution in [2.75, 3.05) is 0 Å². The lowest BCUT2D eigenvalue weighted by atomic mass is 10.2. The normalized spacial score (nSPS) is 8.83. The van der Waals surface area contributed by atoms with E-state index in [-0.39, 0.29) is 5.82 Å². The summed E-state index contributed by atoms with van der Waals surface area (Å²) in [5, 5.41) is 0. The lowest BCUT2D eigenvalue weighted by Gasteiger charge is -2.00. The lowest BCUT2D eigenvalue weighted by molar-refractivity contribution is 0.606. The van der Waals surface area contributed by atoms with Crippen molar-refractivity contribution in [2.45, 2.75) is 34.6 Å². The number of nitrogens with zero attached hydrogens (tertiary/aromatic N) is 1. The van der Waals surface area contributed by atoms with Crippen LogP contribution in [0.2, 0.25) is 0 Å². The summed E-state index contributed by atoms with van der Waals surface area (Å²) in [4.78, 5) is 4.00. The summed E-state index contributed by atoms with van der Waals surface area (Å²) in [6.45, 7) is 9.40.